The summed E-state index contributed by atoms with van der Waals surface area (Å²) in [6.07, 6.45) is 7.10. The Morgan fingerprint density at radius 1 is 1.29 bits per heavy atom. The summed E-state index contributed by atoms with van der Waals surface area (Å²) in [4.78, 5) is 44.6. The van der Waals surface area contributed by atoms with E-state index in [1.165, 1.54) is 6.08 Å². The number of amides is 2. The van der Waals surface area contributed by atoms with Crippen molar-refractivity contribution in [2.24, 2.45) is 11.8 Å². The number of thioether (sulfide) groups is 1. The van der Waals surface area contributed by atoms with Crippen molar-refractivity contribution in [3.8, 4) is 0 Å². The molecule has 0 aromatic heterocycles. The summed E-state index contributed by atoms with van der Waals surface area (Å²) in [6, 6.07) is -0.670. The van der Waals surface area contributed by atoms with Gasteiger partial charge in [-0.1, -0.05) is 47.5 Å². The lowest BCUT2D eigenvalue weighted by atomic mass is 9.71. The van der Waals surface area contributed by atoms with Crippen LogP contribution in [0.15, 0.2) is 25.3 Å². The van der Waals surface area contributed by atoms with Gasteiger partial charge in [0.15, 0.2) is 0 Å². The van der Waals surface area contributed by atoms with Gasteiger partial charge in [-0.05, 0) is 33.1 Å². The molecule has 0 saturated carbocycles. The summed E-state index contributed by atoms with van der Waals surface area (Å²) in [5, 5.41) is 8.95. The minimum atomic E-state index is -0.662. The zero-order valence-electron chi connectivity index (χ0n) is 20.2. The minimum Gasteiger partial charge on any atom is -0.461 e. The molecule has 0 aliphatic carbocycles. The van der Waals surface area contributed by atoms with E-state index in [0.29, 0.717) is 19.5 Å². The fourth-order valence-electron chi connectivity index (χ4n) is 5.75. The number of aliphatic hydroxyl groups is 1. The SMILES string of the molecule is C=CCOC(=O)[C@H]1[C@@H]2SC3(CC2Br)C(C(=O)N(CC=C)C(C)C)N(CCCCCCO)C(=O)[C@H]13. The zero-order chi connectivity index (χ0) is 25.0. The molecule has 2 amide bonds. The summed E-state index contributed by atoms with van der Waals surface area (Å²) in [5.41, 5.74) is 0. The molecule has 34 heavy (non-hydrogen) atoms. The Bertz CT molecular complexity index is 808. The first kappa shape index (κ1) is 27.3. The molecular formula is C25H37BrN2O5S. The Morgan fingerprint density at radius 3 is 2.62 bits per heavy atom. The summed E-state index contributed by atoms with van der Waals surface area (Å²) in [5.74, 6) is -1.73. The second-order valence-electron chi connectivity index (χ2n) is 9.62. The molecule has 3 aliphatic heterocycles. The maximum Gasteiger partial charge on any atom is 0.311 e. The molecule has 0 aromatic rings. The summed E-state index contributed by atoms with van der Waals surface area (Å²) >= 11 is 5.38. The van der Waals surface area contributed by atoms with Crippen LogP contribution in [0.5, 0.6) is 0 Å². The first-order chi connectivity index (χ1) is 16.2. The summed E-state index contributed by atoms with van der Waals surface area (Å²) in [7, 11) is 0. The van der Waals surface area contributed by atoms with Crippen LogP contribution in [-0.4, -0.2) is 85.9 Å². The van der Waals surface area contributed by atoms with Gasteiger partial charge >= 0.3 is 5.97 Å². The fourth-order valence-corrected chi connectivity index (χ4v) is 9.35. The number of likely N-dealkylation sites (tertiary alicyclic amines) is 1. The normalized spacial score (nSPS) is 31.6. The highest BCUT2D eigenvalue weighted by Crippen LogP contribution is 2.68. The maximum atomic E-state index is 14.0. The van der Waals surface area contributed by atoms with E-state index in [1.54, 1.807) is 27.6 Å². The monoisotopic (exact) mass is 556 g/mol. The quantitative estimate of drug-likeness (QED) is 0.162. The Labute approximate surface area is 215 Å². The van der Waals surface area contributed by atoms with Gasteiger partial charge in [0.05, 0.1) is 16.6 Å². The Kier molecular flexibility index (Phi) is 9.31. The molecule has 1 spiro atoms. The van der Waals surface area contributed by atoms with Gasteiger partial charge in [-0.3, -0.25) is 14.4 Å². The van der Waals surface area contributed by atoms with Gasteiger partial charge in [-0.2, -0.15) is 0 Å². The van der Waals surface area contributed by atoms with Gasteiger partial charge in [0.25, 0.3) is 0 Å². The molecule has 3 fully saturated rings. The van der Waals surface area contributed by atoms with E-state index in [2.05, 4.69) is 29.1 Å². The van der Waals surface area contributed by atoms with Gasteiger partial charge in [0, 0.05) is 35.8 Å². The van der Waals surface area contributed by atoms with Crippen LogP contribution in [0.3, 0.4) is 0 Å². The molecule has 3 saturated heterocycles. The molecule has 9 heteroatoms. The second kappa shape index (κ2) is 11.6. The number of carbonyl (C=O) groups excluding carboxylic acids is 3. The molecule has 6 atom stereocenters. The molecule has 0 aromatic carbocycles. The number of alkyl halides is 1. The summed E-state index contributed by atoms with van der Waals surface area (Å²) in [6.45, 7) is 12.5. The van der Waals surface area contributed by atoms with Crippen molar-refractivity contribution in [3.05, 3.63) is 25.3 Å². The fraction of sp³-hybridized carbons (Fsp3) is 0.720. The maximum absolute atomic E-state index is 14.0. The first-order valence-corrected chi connectivity index (χ1v) is 14.0. The molecule has 3 unspecified atom stereocenters. The average Bonchev–Trinajstić information content (AvgIpc) is 3.38. The standard InChI is InChI=1S/C25H37BrN2O5S/c1-5-11-27(16(3)4)23(31)21-25-15-17(26)20(34-25)18(24(32)33-14-6-2)19(25)22(30)28(21)12-9-7-8-10-13-29/h5-6,16-21,29H,1-2,7-15H2,3-4H3/t17?,18-,19+,20-,21?,25?/m1/s1. The van der Waals surface area contributed by atoms with E-state index in [9.17, 15) is 14.4 Å². The van der Waals surface area contributed by atoms with E-state index in [-0.39, 0.29) is 47.1 Å². The highest BCUT2D eigenvalue weighted by molar-refractivity contribution is 9.09. The number of rotatable bonds is 13. The molecule has 2 bridgehead atoms. The van der Waals surface area contributed by atoms with Crippen molar-refractivity contribution in [2.45, 2.75) is 72.9 Å². The molecule has 190 valence electrons. The van der Waals surface area contributed by atoms with Gasteiger partial charge in [-0.25, -0.2) is 0 Å². The van der Waals surface area contributed by atoms with Crippen molar-refractivity contribution < 1.29 is 24.2 Å². The van der Waals surface area contributed by atoms with Crippen molar-refractivity contribution in [1.82, 2.24) is 9.80 Å². The van der Waals surface area contributed by atoms with Gasteiger partial charge < -0.3 is 19.6 Å². The van der Waals surface area contributed by atoms with E-state index >= 15 is 0 Å². The number of aliphatic hydroxyl groups excluding tert-OH is 1. The number of ether oxygens (including phenoxy) is 1. The smallest absolute Gasteiger partial charge is 0.311 e. The van der Waals surface area contributed by atoms with Crippen molar-refractivity contribution in [1.29, 1.82) is 0 Å². The van der Waals surface area contributed by atoms with E-state index in [0.717, 1.165) is 25.7 Å². The number of fused-ring (bicyclic) bond motifs is 1. The molecule has 3 rings (SSSR count). The van der Waals surface area contributed by atoms with E-state index in [4.69, 9.17) is 9.84 Å². The number of carbonyl (C=O) groups is 3. The topological polar surface area (TPSA) is 87.2 Å². The van der Waals surface area contributed by atoms with Crippen LogP contribution < -0.4 is 0 Å². The Hall–Kier alpha value is -1.32. The number of nitrogens with zero attached hydrogens (tertiary/aromatic N) is 2. The van der Waals surface area contributed by atoms with Gasteiger partial charge in [-0.15, -0.1) is 18.3 Å². The second-order valence-corrected chi connectivity index (χ2v) is 12.3. The van der Waals surface area contributed by atoms with Crippen molar-refractivity contribution in [2.75, 3.05) is 26.3 Å². The van der Waals surface area contributed by atoms with Crippen LogP contribution in [0.25, 0.3) is 0 Å². The van der Waals surface area contributed by atoms with Crippen LogP contribution in [0, 0.1) is 11.8 Å². The van der Waals surface area contributed by atoms with E-state index in [1.807, 2.05) is 13.8 Å². The van der Waals surface area contributed by atoms with Crippen LogP contribution in [0.1, 0.15) is 46.0 Å². The predicted octanol–water partition coefficient (Wildman–Crippen LogP) is 3.16. The molecule has 0 radical (unpaired) electrons. The number of unbranched alkanes of at least 4 members (excludes halogenated alkanes) is 3. The van der Waals surface area contributed by atoms with Crippen LogP contribution >= 0.6 is 27.7 Å². The van der Waals surface area contributed by atoms with Crippen LogP contribution in [0.4, 0.5) is 0 Å². The lowest BCUT2D eigenvalue weighted by Crippen LogP contribution is -2.56. The zero-order valence-corrected chi connectivity index (χ0v) is 22.6. The lowest BCUT2D eigenvalue weighted by Gasteiger charge is -2.39. The average molecular weight is 558 g/mol. The number of hydrogen-bond acceptors (Lipinski definition) is 6. The van der Waals surface area contributed by atoms with Crippen LogP contribution in [-0.2, 0) is 19.1 Å². The number of hydrogen-bond donors (Lipinski definition) is 1. The van der Waals surface area contributed by atoms with Gasteiger partial charge in [0.1, 0.15) is 12.6 Å². The lowest BCUT2D eigenvalue weighted by molar-refractivity contribution is -0.153. The highest BCUT2D eigenvalue weighted by Gasteiger charge is 2.76. The third kappa shape index (κ3) is 4.85. The summed E-state index contributed by atoms with van der Waals surface area (Å²) < 4.78 is 4.75. The van der Waals surface area contributed by atoms with Crippen molar-refractivity contribution in [3.63, 3.8) is 0 Å². The molecule has 1 N–H and O–H groups in total. The molecular weight excluding hydrogens is 520 g/mol. The Morgan fingerprint density at radius 2 is 2.00 bits per heavy atom. The predicted molar refractivity (Wildman–Crippen MR) is 138 cm³/mol. The third-order valence-corrected chi connectivity index (χ3v) is 10.4. The van der Waals surface area contributed by atoms with Crippen molar-refractivity contribution >= 4 is 45.5 Å². The minimum absolute atomic E-state index is 0.0227. The van der Waals surface area contributed by atoms with Crippen LogP contribution in [0.2, 0.25) is 0 Å². The highest BCUT2D eigenvalue weighted by atomic mass is 79.9. The Balaban J connectivity index is 1.97. The molecule has 7 nitrogen and oxygen atoms in total. The largest absolute Gasteiger partial charge is 0.461 e. The first-order valence-electron chi connectivity index (χ1n) is 12.2. The number of halogens is 1. The third-order valence-electron chi connectivity index (χ3n) is 7.18. The number of esters is 1. The molecule has 3 heterocycles. The molecule has 3 aliphatic rings. The van der Waals surface area contributed by atoms with Gasteiger partial charge in [0.2, 0.25) is 11.8 Å². The van der Waals surface area contributed by atoms with E-state index < -0.39 is 22.6 Å².